The van der Waals surface area contributed by atoms with Crippen molar-refractivity contribution in [3.8, 4) is 5.75 Å². The standard InChI is InChI=1S/C23H25ClN2O4/c1-29-23(28)19-14-17(24)6-7-18(19)16-8-10-25(11-9-16)12-13-26-20-4-2-3-5-21(20)30-15-22(26)27/h2-7,14,16H,8-13,15H2,1H3. The molecule has 0 radical (unpaired) electrons. The highest BCUT2D eigenvalue weighted by molar-refractivity contribution is 6.31. The van der Waals surface area contributed by atoms with Crippen molar-refractivity contribution in [2.24, 2.45) is 0 Å². The highest BCUT2D eigenvalue weighted by Crippen LogP contribution is 2.33. The molecule has 2 aliphatic rings. The quantitative estimate of drug-likeness (QED) is 0.679. The molecule has 1 saturated heterocycles. The van der Waals surface area contributed by atoms with Crippen LogP contribution in [0.1, 0.15) is 34.7 Å². The fourth-order valence-electron chi connectivity index (χ4n) is 4.28. The predicted molar refractivity (Wildman–Crippen MR) is 115 cm³/mol. The summed E-state index contributed by atoms with van der Waals surface area (Å²) in [4.78, 5) is 28.7. The van der Waals surface area contributed by atoms with Gasteiger partial charge >= 0.3 is 5.97 Å². The molecule has 30 heavy (non-hydrogen) atoms. The van der Waals surface area contributed by atoms with Crippen LogP contribution in [0.5, 0.6) is 5.75 Å². The van der Waals surface area contributed by atoms with Gasteiger partial charge in [0.1, 0.15) is 5.75 Å². The number of nitrogens with zero attached hydrogens (tertiary/aromatic N) is 2. The van der Waals surface area contributed by atoms with Gasteiger partial charge in [-0.25, -0.2) is 4.79 Å². The first-order valence-corrected chi connectivity index (χ1v) is 10.6. The maximum Gasteiger partial charge on any atom is 0.338 e. The maximum atomic E-state index is 12.4. The van der Waals surface area contributed by atoms with E-state index in [-0.39, 0.29) is 18.5 Å². The SMILES string of the molecule is COC(=O)c1cc(Cl)ccc1C1CCN(CCN2C(=O)COc3ccccc32)CC1. The van der Waals surface area contributed by atoms with E-state index < -0.39 is 0 Å². The number of hydrogen-bond donors (Lipinski definition) is 0. The minimum atomic E-state index is -0.348. The van der Waals surface area contributed by atoms with Crippen molar-refractivity contribution in [3.63, 3.8) is 0 Å². The molecule has 0 unspecified atom stereocenters. The van der Waals surface area contributed by atoms with Gasteiger partial charge in [-0.15, -0.1) is 0 Å². The van der Waals surface area contributed by atoms with Gasteiger partial charge in [0.05, 0.1) is 18.4 Å². The number of para-hydroxylation sites is 2. The number of hydrogen-bond acceptors (Lipinski definition) is 5. The highest BCUT2D eigenvalue weighted by atomic mass is 35.5. The van der Waals surface area contributed by atoms with Gasteiger partial charge in [-0.2, -0.15) is 0 Å². The number of halogens is 1. The second-order valence-electron chi connectivity index (χ2n) is 7.64. The molecule has 0 atom stereocenters. The Labute approximate surface area is 181 Å². The molecule has 0 bridgehead atoms. The maximum absolute atomic E-state index is 12.4. The fraction of sp³-hybridized carbons (Fsp3) is 0.391. The summed E-state index contributed by atoms with van der Waals surface area (Å²) < 4.78 is 10.4. The molecule has 1 amide bonds. The van der Waals surface area contributed by atoms with Crippen LogP contribution < -0.4 is 9.64 Å². The van der Waals surface area contributed by atoms with Gasteiger partial charge in [0, 0.05) is 18.1 Å². The lowest BCUT2D eigenvalue weighted by atomic mass is 9.86. The number of rotatable bonds is 5. The van der Waals surface area contributed by atoms with Crippen LogP contribution in [0.3, 0.4) is 0 Å². The number of fused-ring (bicyclic) bond motifs is 1. The monoisotopic (exact) mass is 428 g/mol. The van der Waals surface area contributed by atoms with Gasteiger partial charge in [-0.05, 0) is 61.7 Å². The lowest BCUT2D eigenvalue weighted by Gasteiger charge is -2.35. The van der Waals surface area contributed by atoms with E-state index in [0.29, 0.717) is 23.0 Å². The van der Waals surface area contributed by atoms with E-state index in [2.05, 4.69) is 4.90 Å². The Balaban J connectivity index is 1.37. The Morgan fingerprint density at radius 3 is 2.70 bits per heavy atom. The van der Waals surface area contributed by atoms with Crippen LogP contribution in [-0.4, -0.2) is 56.7 Å². The van der Waals surface area contributed by atoms with Crippen LogP contribution in [0, 0.1) is 0 Å². The van der Waals surface area contributed by atoms with Crippen LogP contribution in [0.2, 0.25) is 5.02 Å². The molecule has 0 aromatic heterocycles. The number of likely N-dealkylation sites (tertiary alicyclic amines) is 1. The molecule has 2 aromatic rings. The summed E-state index contributed by atoms with van der Waals surface area (Å²) in [6.07, 6.45) is 1.89. The number of methoxy groups -OCH3 is 1. The van der Waals surface area contributed by atoms with E-state index in [1.54, 1.807) is 6.07 Å². The Hall–Kier alpha value is -2.57. The number of amides is 1. The number of esters is 1. The number of benzene rings is 2. The summed E-state index contributed by atoms with van der Waals surface area (Å²) in [5.74, 6) is 0.694. The van der Waals surface area contributed by atoms with Crippen molar-refractivity contribution in [2.75, 3.05) is 44.8 Å². The fourth-order valence-corrected chi connectivity index (χ4v) is 4.45. The molecule has 0 aliphatic carbocycles. The first-order chi connectivity index (χ1) is 14.6. The van der Waals surface area contributed by atoms with Crippen molar-refractivity contribution >= 4 is 29.2 Å². The molecule has 2 aromatic carbocycles. The normalized spacial score (nSPS) is 17.4. The molecule has 158 valence electrons. The van der Waals surface area contributed by atoms with Crippen molar-refractivity contribution in [1.29, 1.82) is 0 Å². The third-order valence-electron chi connectivity index (χ3n) is 5.90. The summed E-state index contributed by atoms with van der Waals surface area (Å²) in [5, 5.41) is 0.534. The molecule has 2 aliphatic heterocycles. The van der Waals surface area contributed by atoms with Crippen LogP contribution in [0.4, 0.5) is 5.69 Å². The first-order valence-electron chi connectivity index (χ1n) is 10.2. The van der Waals surface area contributed by atoms with Gasteiger partial charge in [0.2, 0.25) is 0 Å². The minimum absolute atomic E-state index is 0.00697. The number of carbonyl (C=O) groups is 2. The third-order valence-corrected chi connectivity index (χ3v) is 6.13. The van der Waals surface area contributed by atoms with Crippen molar-refractivity contribution < 1.29 is 19.1 Å². The Morgan fingerprint density at radius 2 is 1.93 bits per heavy atom. The molecular weight excluding hydrogens is 404 g/mol. The average Bonchev–Trinajstić information content (AvgIpc) is 2.78. The van der Waals surface area contributed by atoms with E-state index in [9.17, 15) is 9.59 Å². The molecule has 1 fully saturated rings. The number of ether oxygens (including phenoxy) is 2. The second-order valence-corrected chi connectivity index (χ2v) is 8.08. The van der Waals surface area contributed by atoms with Crippen molar-refractivity contribution in [1.82, 2.24) is 4.90 Å². The molecular formula is C23H25ClN2O4. The highest BCUT2D eigenvalue weighted by Gasteiger charge is 2.28. The molecule has 0 saturated carbocycles. The van der Waals surface area contributed by atoms with Crippen molar-refractivity contribution in [2.45, 2.75) is 18.8 Å². The topological polar surface area (TPSA) is 59.1 Å². The van der Waals surface area contributed by atoms with Gasteiger partial charge in [-0.1, -0.05) is 29.8 Å². The molecule has 0 N–H and O–H groups in total. The van der Waals surface area contributed by atoms with Gasteiger partial charge in [0.15, 0.2) is 6.61 Å². The van der Waals surface area contributed by atoms with Crippen molar-refractivity contribution in [3.05, 3.63) is 58.6 Å². The van der Waals surface area contributed by atoms with Gasteiger partial charge in [-0.3, -0.25) is 4.79 Å². The van der Waals surface area contributed by atoms with Gasteiger partial charge < -0.3 is 19.3 Å². The van der Waals surface area contributed by atoms with Gasteiger partial charge in [0.25, 0.3) is 5.91 Å². The zero-order valence-electron chi connectivity index (χ0n) is 17.0. The summed E-state index contributed by atoms with van der Waals surface area (Å²) in [5.41, 5.74) is 2.40. The van der Waals surface area contributed by atoms with Crippen LogP contribution in [0.15, 0.2) is 42.5 Å². The van der Waals surface area contributed by atoms with E-state index in [0.717, 1.165) is 49.5 Å². The summed E-state index contributed by atoms with van der Waals surface area (Å²) in [6.45, 7) is 3.35. The second kappa shape index (κ2) is 9.06. The minimum Gasteiger partial charge on any atom is -0.482 e. The Kier molecular flexibility index (Phi) is 6.25. The van der Waals surface area contributed by atoms with E-state index in [4.69, 9.17) is 21.1 Å². The predicted octanol–water partition coefficient (Wildman–Crippen LogP) is 3.73. The lowest BCUT2D eigenvalue weighted by molar-refractivity contribution is -0.121. The first kappa shape index (κ1) is 20.7. The smallest absolute Gasteiger partial charge is 0.338 e. The summed E-state index contributed by atoms with van der Waals surface area (Å²) in [6, 6.07) is 13.1. The summed E-state index contributed by atoms with van der Waals surface area (Å²) >= 11 is 6.09. The van der Waals surface area contributed by atoms with Crippen LogP contribution in [0.25, 0.3) is 0 Å². The van der Waals surface area contributed by atoms with E-state index in [1.165, 1.54) is 7.11 Å². The number of carbonyl (C=O) groups excluding carboxylic acids is 2. The number of piperidine rings is 1. The summed E-state index contributed by atoms with van der Waals surface area (Å²) in [7, 11) is 1.39. The molecule has 6 nitrogen and oxygen atoms in total. The van der Waals surface area contributed by atoms with Crippen LogP contribution in [-0.2, 0) is 9.53 Å². The Bertz CT molecular complexity index is 941. The lowest BCUT2D eigenvalue weighted by Crippen LogP contribution is -2.45. The molecule has 2 heterocycles. The number of anilines is 1. The zero-order valence-corrected chi connectivity index (χ0v) is 17.7. The van der Waals surface area contributed by atoms with E-state index in [1.807, 2.05) is 41.3 Å². The molecule has 0 spiro atoms. The molecule has 7 heteroatoms. The largest absolute Gasteiger partial charge is 0.482 e. The zero-order chi connectivity index (χ0) is 21.1. The van der Waals surface area contributed by atoms with E-state index >= 15 is 0 Å². The van der Waals surface area contributed by atoms with Crippen LogP contribution >= 0.6 is 11.6 Å². The Morgan fingerprint density at radius 1 is 1.17 bits per heavy atom. The average molecular weight is 429 g/mol. The molecule has 4 rings (SSSR count). The third kappa shape index (κ3) is 4.30.